The number of nitrogens with one attached hydrogen (secondary N) is 2. The van der Waals surface area contributed by atoms with E-state index in [0.29, 0.717) is 44.0 Å². The van der Waals surface area contributed by atoms with Crippen LogP contribution in [0.2, 0.25) is 15.1 Å². The van der Waals surface area contributed by atoms with Crippen LogP contribution in [0.4, 0.5) is 5.69 Å². The Morgan fingerprint density at radius 2 is 1.73 bits per heavy atom. The van der Waals surface area contributed by atoms with Gasteiger partial charge in [-0.1, -0.05) is 59.1 Å². The van der Waals surface area contributed by atoms with Gasteiger partial charge in [-0.2, -0.15) is 9.82 Å². The van der Waals surface area contributed by atoms with Crippen molar-refractivity contribution in [3.05, 3.63) is 92.4 Å². The first-order chi connectivity index (χ1) is 15.6. The molecule has 6 nitrogen and oxygen atoms in total. The SMILES string of the molecule is Cc1ccc(N)cc1S(=O)(=O)N[C@H](C1=NNC(c2ccc(Cl)cc2)C1)c1ccc(Cl)cc1Cl. The highest BCUT2D eigenvalue weighted by Crippen LogP contribution is 2.34. The summed E-state index contributed by atoms with van der Waals surface area (Å²) in [6, 6.07) is 16.2. The molecule has 0 aliphatic carbocycles. The number of halogens is 3. The van der Waals surface area contributed by atoms with E-state index >= 15 is 0 Å². The highest BCUT2D eigenvalue weighted by Gasteiger charge is 2.32. The minimum Gasteiger partial charge on any atom is -0.399 e. The molecule has 0 fully saturated rings. The predicted molar refractivity (Wildman–Crippen MR) is 134 cm³/mol. The van der Waals surface area contributed by atoms with Crippen LogP contribution in [-0.2, 0) is 10.0 Å². The molecular weight excluding hydrogens is 503 g/mol. The number of nitrogens with two attached hydrogens (primary N) is 1. The van der Waals surface area contributed by atoms with E-state index in [-0.39, 0.29) is 10.9 Å². The van der Waals surface area contributed by atoms with Gasteiger partial charge in [0.05, 0.1) is 22.7 Å². The van der Waals surface area contributed by atoms with Gasteiger partial charge in [-0.05, 0) is 60.0 Å². The van der Waals surface area contributed by atoms with Crippen molar-refractivity contribution in [2.45, 2.75) is 30.3 Å². The topological polar surface area (TPSA) is 96.6 Å². The van der Waals surface area contributed by atoms with E-state index in [4.69, 9.17) is 40.5 Å². The lowest BCUT2D eigenvalue weighted by atomic mass is 9.96. The minimum atomic E-state index is -3.96. The molecule has 1 aliphatic heterocycles. The number of hydrazone groups is 1. The molecule has 0 aromatic heterocycles. The number of rotatable bonds is 6. The van der Waals surface area contributed by atoms with Crippen LogP contribution in [0.5, 0.6) is 0 Å². The number of benzene rings is 3. The lowest BCUT2D eigenvalue weighted by Gasteiger charge is -2.21. The maximum atomic E-state index is 13.4. The number of hydrogen-bond donors (Lipinski definition) is 3. The molecule has 4 N–H and O–H groups in total. The molecule has 1 unspecified atom stereocenters. The highest BCUT2D eigenvalue weighted by molar-refractivity contribution is 7.89. The summed E-state index contributed by atoms with van der Waals surface area (Å²) in [5.41, 5.74) is 12.0. The Hall–Kier alpha value is -2.29. The zero-order valence-corrected chi connectivity index (χ0v) is 20.6. The van der Waals surface area contributed by atoms with E-state index in [9.17, 15) is 8.42 Å². The Kier molecular flexibility index (Phi) is 6.88. The number of hydrogen-bond acceptors (Lipinski definition) is 5. The van der Waals surface area contributed by atoms with Gasteiger partial charge in [0.1, 0.15) is 0 Å². The van der Waals surface area contributed by atoms with Crippen molar-refractivity contribution in [2.75, 3.05) is 5.73 Å². The van der Waals surface area contributed by atoms with Crippen LogP contribution in [0, 0.1) is 6.92 Å². The summed E-state index contributed by atoms with van der Waals surface area (Å²) >= 11 is 18.6. The van der Waals surface area contributed by atoms with Crippen molar-refractivity contribution < 1.29 is 8.42 Å². The second-order valence-electron chi connectivity index (χ2n) is 7.79. The molecule has 33 heavy (non-hydrogen) atoms. The summed E-state index contributed by atoms with van der Waals surface area (Å²) < 4.78 is 29.5. The second-order valence-corrected chi connectivity index (χ2v) is 10.7. The molecular formula is C23H21Cl3N4O2S. The quantitative estimate of drug-likeness (QED) is 0.364. The van der Waals surface area contributed by atoms with Crippen molar-refractivity contribution >= 4 is 56.2 Å². The molecule has 3 aromatic carbocycles. The molecule has 3 aromatic rings. The van der Waals surface area contributed by atoms with E-state index in [1.165, 1.54) is 6.07 Å². The van der Waals surface area contributed by atoms with Crippen LogP contribution >= 0.6 is 34.8 Å². The molecule has 0 amide bonds. The Balaban J connectivity index is 1.70. The van der Waals surface area contributed by atoms with Crippen LogP contribution in [0.25, 0.3) is 0 Å². The molecule has 0 saturated heterocycles. The molecule has 1 heterocycles. The summed E-state index contributed by atoms with van der Waals surface area (Å²) in [4.78, 5) is 0.0957. The monoisotopic (exact) mass is 522 g/mol. The zero-order chi connectivity index (χ0) is 23.8. The first kappa shape index (κ1) is 23.9. The van der Waals surface area contributed by atoms with E-state index in [2.05, 4.69) is 15.2 Å². The Morgan fingerprint density at radius 3 is 2.42 bits per heavy atom. The minimum absolute atomic E-state index is 0.0957. The van der Waals surface area contributed by atoms with Gasteiger partial charge < -0.3 is 11.2 Å². The zero-order valence-electron chi connectivity index (χ0n) is 17.5. The van der Waals surface area contributed by atoms with Gasteiger partial charge in [-0.3, -0.25) is 0 Å². The third-order valence-corrected chi connectivity index (χ3v) is 7.81. The number of nitrogens with zero attached hydrogens (tertiary/aromatic N) is 1. The van der Waals surface area contributed by atoms with Crippen LogP contribution in [-0.4, -0.2) is 14.1 Å². The Bertz CT molecular complexity index is 1330. The van der Waals surface area contributed by atoms with Gasteiger partial charge in [-0.25, -0.2) is 8.42 Å². The fourth-order valence-corrected chi connectivity index (χ4v) is 5.83. The standard InChI is InChI=1S/C23H21Cl3N4O2S/c1-13-2-8-17(27)11-22(13)33(31,32)30-23(18-9-7-16(25)10-19(18)26)21-12-20(28-29-21)14-3-5-15(24)6-4-14/h2-11,20,23,28,30H,12,27H2,1H3/t20?,23-/m0/s1. The van der Waals surface area contributed by atoms with Gasteiger partial charge in [0, 0.05) is 27.2 Å². The van der Waals surface area contributed by atoms with Crippen LogP contribution in [0.3, 0.4) is 0 Å². The summed E-state index contributed by atoms with van der Waals surface area (Å²) in [6.07, 6.45) is 0.462. The van der Waals surface area contributed by atoms with Crippen molar-refractivity contribution in [2.24, 2.45) is 5.10 Å². The molecule has 0 bridgehead atoms. The molecule has 4 rings (SSSR count). The van der Waals surface area contributed by atoms with Crippen molar-refractivity contribution in [1.29, 1.82) is 0 Å². The maximum Gasteiger partial charge on any atom is 0.241 e. The first-order valence-corrected chi connectivity index (χ1v) is 12.7. The molecule has 0 radical (unpaired) electrons. The van der Waals surface area contributed by atoms with Gasteiger partial charge >= 0.3 is 0 Å². The van der Waals surface area contributed by atoms with Crippen LogP contribution in [0.1, 0.15) is 35.2 Å². The number of anilines is 1. The first-order valence-electron chi connectivity index (χ1n) is 10.0. The lowest BCUT2D eigenvalue weighted by molar-refractivity contribution is 0.576. The van der Waals surface area contributed by atoms with Crippen molar-refractivity contribution in [1.82, 2.24) is 10.1 Å². The summed E-state index contributed by atoms with van der Waals surface area (Å²) in [7, 11) is -3.96. The maximum absolute atomic E-state index is 13.4. The number of nitrogen functional groups attached to an aromatic ring is 1. The largest absolute Gasteiger partial charge is 0.399 e. The summed E-state index contributed by atoms with van der Waals surface area (Å²) in [6.45, 7) is 1.71. The van der Waals surface area contributed by atoms with E-state index in [1.54, 1.807) is 49.4 Å². The highest BCUT2D eigenvalue weighted by atomic mass is 35.5. The molecule has 0 spiro atoms. The van der Waals surface area contributed by atoms with Crippen molar-refractivity contribution in [3.63, 3.8) is 0 Å². The number of aryl methyl sites for hydroxylation is 1. The second kappa shape index (κ2) is 9.52. The van der Waals surface area contributed by atoms with Crippen LogP contribution in [0.15, 0.2) is 70.7 Å². The molecule has 1 aliphatic rings. The van der Waals surface area contributed by atoms with Gasteiger partial charge in [-0.15, -0.1) is 0 Å². The third kappa shape index (κ3) is 5.28. The molecule has 0 saturated carbocycles. The van der Waals surface area contributed by atoms with Gasteiger partial charge in [0.25, 0.3) is 0 Å². The normalized spacial score (nSPS) is 16.8. The summed E-state index contributed by atoms with van der Waals surface area (Å²) in [5.74, 6) is 0. The van der Waals surface area contributed by atoms with Gasteiger partial charge in [0.2, 0.25) is 10.0 Å². The average Bonchev–Trinajstić information content (AvgIpc) is 3.25. The Labute approximate surface area is 207 Å². The molecule has 10 heteroatoms. The number of sulfonamides is 1. The fourth-order valence-electron chi connectivity index (χ4n) is 3.70. The van der Waals surface area contributed by atoms with Crippen molar-refractivity contribution in [3.8, 4) is 0 Å². The van der Waals surface area contributed by atoms with E-state index in [0.717, 1.165) is 5.56 Å². The average molecular weight is 524 g/mol. The predicted octanol–water partition coefficient (Wildman–Crippen LogP) is 5.65. The summed E-state index contributed by atoms with van der Waals surface area (Å²) in [5, 5.41) is 5.88. The Morgan fingerprint density at radius 1 is 1.03 bits per heavy atom. The smallest absolute Gasteiger partial charge is 0.241 e. The van der Waals surface area contributed by atoms with E-state index < -0.39 is 16.1 Å². The van der Waals surface area contributed by atoms with E-state index in [1.807, 2.05) is 12.1 Å². The van der Waals surface area contributed by atoms with Gasteiger partial charge in [0.15, 0.2) is 0 Å². The van der Waals surface area contributed by atoms with Crippen LogP contribution < -0.4 is 15.9 Å². The third-order valence-electron chi connectivity index (χ3n) is 5.43. The lowest BCUT2D eigenvalue weighted by Crippen LogP contribution is -2.34. The fraction of sp³-hybridized carbons (Fsp3) is 0.174. The molecule has 172 valence electrons. The molecule has 2 atom stereocenters.